The second-order valence-corrected chi connectivity index (χ2v) is 9.25. The monoisotopic (exact) mass is 458 g/mol. The minimum Gasteiger partial charge on any atom is -0.459 e. The van der Waals surface area contributed by atoms with Crippen LogP contribution in [0, 0.1) is 11.6 Å². The molecule has 0 fully saturated rings. The van der Waals surface area contributed by atoms with Crippen molar-refractivity contribution >= 4 is 28.5 Å². The quantitative estimate of drug-likeness (QED) is 0.444. The fourth-order valence-corrected chi connectivity index (χ4v) is 5.07. The van der Waals surface area contributed by atoms with Crippen LogP contribution < -0.4 is 10.2 Å². The Balaban J connectivity index is 1.45. The van der Waals surface area contributed by atoms with Gasteiger partial charge in [0.25, 0.3) is 5.91 Å². The summed E-state index contributed by atoms with van der Waals surface area (Å²) in [5.41, 5.74) is 2.27. The Morgan fingerprint density at radius 3 is 2.71 bits per heavy atom. The number of hydrogen-bond donors (Lipinski definition) is 1. The standard InChI is InChI=1S/C27H20F2N2O3/c1-27(2)20-8-7-17(25(32)30-12-16-9-14-5-3-4-6-22(14)34-16)23-18-10-15(28)11-21(29)19(18)13-31(24(20)23)26(27)33/h3-11H,12-13H2,1-2H3,(H,30,32). The molecule has 0 bridgehead atoms. The lowest BCUT2D eigenvalue weighted by atomic mass is 9.82. The molecule has 2 amide bonds. The summed E-state index contributed by atoms with van der Waals surface area (Å²) in [7, 11) is 0. The maximum absolute atomic E-state index is 14.8. The third-order valence-electron chi connectivity index (χ3n) is 6.79. The molecule has 1 aromatic heterocycles. The first-order chi connectivity index (χ1) is 16.3. The molecule has 0 radical (unpaired) electrons. The molecule has 5 nitrogen and oxygen atoms in total. The lowest BCUT2D eigenvalue weighted by Gasteiger charge is -2.29. The number of anilines is 1. The zero-order valence-corrected chi connectivity index (χ0v) is 18.5. The Morgan fingerprint density at radius 1 is 1.12 bits per heavy atom. The molecule has 6 rings (SSSR count). The molecule has 34 heavy (non-hydrogen) atoms. The number of fused-ring (bicyclic) bond motifs is 3. The van der Waals surface area contributed by atoms with Gasteiger partial charge in [-0.1, -0.05) is 24.3 Å². The molecular formula is C27H20F2N2O3. The lowest BCUT2D eigenvalue weighted by molar-refractivity contribution is -0.122. The third kappa shape index (κ3) is 2.83. The minimum atomic E-state index is -0.843. The van der Waals surface area contributed by atoms with Gasteiger partial charge in [0.05, 0.1) is 24.2 Å². The maximum Gasteiger partial charge on any atom is 0.252 e. The lowest BCUT2D eigenvalue weighted by Crippen LogP contribution is -2.37. The van der Waals surface area contributed by atoms with Gasteiger partial charge in [0.15, 0.2) is 0 Å². The zero-order chi connectivity index (χ0) is 23.8. The van der Waals surface area contributed by atoms with Gasteiger partial charge in [-0.2, -0.15) is 0 Å². The average molecular weight is 458 g/mol. The number of para-hydroxylation sites is 1. The van der Waals surface area contributed by atoms with Gasteiger partial charge in [-0.25, -0.2) is 8.78 Å². The first-order valence-electron chi connectivity index (χ1n) is 11.0. The van der Waals surface area contributed by atoms with E-state index in [2.05, 4.69) is 5.32 Å². The van der Waals surface area contributed by atoms with Gasteiger partial charge in [-0.15, -0.1) is 0 Å². The van der Waals surface area contributed by atoms with Gasteiger partial charge in [-0.05, 0) is 49.2 Å². The van der Waals surface area contributed by atoms with Gasteiger partial charge >= 0.3 is 0 Å². The number of benzene rings is 3. The highest BCUT2D eigenvalue weighted by molar-refractivity contribution is 6.16. The molecule has 0 saturated heterocycles. The molecule has 7 heteroatoms. The van der Waals surface area contributed by atoms with E-state index in [1.54, 1.807) is 26.0 Å². The summed E-state index contributed by atoms with van der Waals surface area (Å²) < 4.78 is 34.8. The molecule has 0 saturated carbocycles. The van der Waals surface area contributed by atoms with Crippen molar-refractivity contribution in [2.24, 2.45) is 0 Å². The van der Waals surface area contributed by atoms with Crippen molar-refractivity contribution in [2.75, 3.05) is 4.90 Å². The van der Waals surface area contributed by atoms with Crippen molar-refractivity contribution < 1.29 is 22.8 Å². The van der Waals surface area contributed by atoms with E-state index in [0.29, 0.717) is 22.6 Å². The van der Waals surface area contributed by atoms with Crippen molar-refractivity contribution in [3.05, 3.63) is 88.7 Å². The molecule has 0 spiro atoms. The van der Waals surface area contributed by atoms with Gasteiger partial charge in [0.1, 0.15) is 23.0 Å². The van der Waals surface area contributed by atoms with Gasteiger partial charge in [0, 0.05) is 28.1 Å². The second kappa shape index (κ2) is 7.00. The molecular weight excluding hydrogens is 438 g/mol. The Labute approximate surface area is 194 Å². The fraction of sp³-hybridized carbons (Fsp3) is 0.185. The predicted molar refractivity (Wildman–Crippen MR) is 123 cm³/mol. The summed E-state index contributed by atoms with van der Waals surface area (Å²) >= 11 is 0. The molecule has 1 N–H and O–H groups in total. The number of carbonyl (C=O) groups excluding carboxylic acids is 2. The van der Waals surface area contributed by atoms with Crippen molar-refractivity contribution in [2.45, 2.75) is 32.4 Å². The van der Waals surface area contributed by atoms with Crippen molar-refractivity contribution in [1.82, 2.24) is 5.32 Å². The third-order valence-corrected chi connectivity index (χ3v) is 6.79. The van der Waals surface area contributed by atoms with Crippen LogP contribution in [0.25, 0.3) is 22.1 Å². The van der Waals surface area contributed by atoms with Gasteiger partial charge < -0.3 is 14.6 Å². The molecule has 2 aliphatic rings. The van der Waals surface area contributed by atoms with E-state index < -0.39 is 23.0 Å². The average Bonchev–Trinajstić information content (AvgIpc) is 3.31. The molecule has 0 atom stereocenters. The first-order valence-corrected chi connectivity index (χ1v) is 11.0. The summed E-state index contributed by atoms with van der Waals surface area (Å²) in [5, 5.41) is 3.78. The smallest absolute Gasteiger partial charge is 0.252 e. The van der Waals surface area contributed by atoms with E-state index in [-0.39, 0.29) is 30.1 Å². The predicted octanol–water partition coefficient (Wildman–Crippen LogP) is 5.45. The highest BCUT2D eigenvalue weighted by Gasteiger charge is 2.48. The molecule has 0 aliphatic carbocycles. The van der Waals surface area contributed by atoms with Crippen LogP contribution in [0.3, 0.4) is 0 Å². The molecule has 3 heterocycles. The Kier molecular flexibility index (Phi) is 4.24. The van der Waals surface area contributed by atoms with E-state index in [4.69, 9.17) is 4.42 Å². The summed E-state index contributed by atoms with van der Waals surface area (Å²) in [6, 6.07) is 14.8. The van der Waals surface area contributed by atoms with Crippen LogP contribution in [0.1, 0.15) is 41.1 Å². The zero-order valence-electron chi connectivity index (χ0n) is 18.5. The summed E-state index contributed by atoms with van der Waals surface area (Å²) in [6.07, 6.45) is 0. The number of hydrogen-bond acceptors (Lipinski definition) is 3. The van der Waals surface area contributed by atoms with E-state index >= 15 is 0 Å². The largest absolute Gasteiger partial charge is 0.459 e. The molecule has 0 unspecified atom stereocenters. The van der Waals surface area contributed by atoms with Crippen LogP contribution in [-0.2, 0) is 23.3 Å². The van der Waals surface area contributed by atoms with E-state index in [9.17, 15) is 18.4 Å². The van der Waals surface area contributed by atoms with Crippen molar-refractivity contribution in [1.29, 1.82) is 0 Å². The Hall–Kier alpha value is -4.00. The molecule has 170 valence electrons. The Morgan fingerprint density at radius 2 is 1.91 bits per heavy atom. The molecule has 4 aromatic rings. The maximum atomic E-state index is 14.8. The van der Waals surface area contributed by atoms with Crippen molar-refractivity contribution in [3.8, 4) is 11.1 Å². The number of halogens is 2. The first kappa shape index (κ1) is 20.6. The number of nitrogens with one attached hydrogen (secondary N) is 1. The molecule has 2 aliphatic heterocycles. The highest BCUT2D eigenvalue weighted by Crippen LogP contribution is 2.52. The minimum absolute atomic E-state index is 0.00618. The summed E-state index contributed by atoms with van der Waals surface area (Å²) in [6.45, 7) is 3.73. The van der Waals surface area contributed by atoms with Gasteiger partial charge in [-0.3, -0.25) is 9.59 Å². The highest BCUT2D eigenvalue weighted by atomic mass is 19.1. The SMILES string of the molecule is CC1(C)C(=O)N2Cc3c(F)cc(F)cc3-c3c(C(=O)NCc4cc5ccccc5o4)ccc1c32. The summed E-state index contributed by atoms with van der Waals surface area (Å²) in [4.78, 5) is 28.0. The van der Waals surface area contributed by atoms with Crippen LogP contribution >= 0.6 is 0 Å². The van der Waals surface area contributed by atoms with Crippen LogP contribution in [-0.4, -0.2) is 11.8 Å². The van der Waals surface area contributed by atoms with E-state index in [0.717, 1.165) is 22.6 Å². The van der Waals surface area contributed by atoms with Crippen LogP contribution in [0.5, 0.6) is 0 Å². The number of amides is 2. The second-order valence-electron chi connectivity index (χ2n) is 9.25. The fourth-order valence-electron chi connectivity index (χ4n) is 5.07. The van der Waals surface area contributed by atoms with E-state index in [1.165, 1.54) is 11.0 Å². The number of nitrogens with zero attached hydrogens (tertiary/aromatic N) is 1. The van der Waals surface area contributed by atoms with Crippen LogP contribution in [0.2, 0.25) is 0 Å². The van der Waals surface area contributed by atoms with Crippen LogP contribution in [0.4, 0.5) is 14.5 Å². The number of rotatable bonds is 3. The summed E-state index contributed by atoms with van der Waals surface area (Å²) in [5.74, 6) is -1.50. The number of furan rings is 1. The van der Waals surface area contributed by atoms with E-state index in [1.807, 2.05) is 30.3 Å². The van der Waals surface area contributed by atoms with Crippen molar-refractivity contribution in [3.63, 3.8) is 0 Å². The normalized spacial score (nSPS) is 15.4. The topological polar surface area (TPSA) is 62.6 Å². The van der Waals surface area contributed by atoms with Crippen LogP contribution in [0.15, 0.2) is 59.0 Å². The van der Waals surface area contributed by atoms with Gasteiger partial charge in [0.2, 0.25) is 5.91 Å². The number of carbonyl (C=O) groups is 2. The molecule has 3 aromatic carbocycles. The Bertz CT molecular complexity index is 1500.